The van der Waals surface area contributed by atoms with Gasteiger partial charge in [0, 0.05) is 16.9 Å². The fourth-order valence-corrected chi connectivity index (χ4v) is 2.79. The largest absolute Gasteiger partial charge is 0.352 e. The summed E-state index contributed by atoms with van der Waals surface area (Å²) < 4.78 is 0.997. The predicted octanol–water partition coefficient (Wildman–Crippen LogP) is 3.92. The Balaban J connectivity index is 3.57. The van der Waals surface area contributed by atoms with Crippen molar-refractivity contribution in [3.05, 3.63) is 0 Å². The van der Waals surface area contributed by atoms with Gasteiger partial charge in [-0.1, -0.05) is 69.0 Å². The first-order valence-corrected chi connectivity index (χ1v) is 7.99. The molecule has 1 atom stereocenters. The van der Waals surface area contributed by atoms with Gasteiger partial charge in [0.2, 0.25) is 5.91 Å². The molecule has 0 radical (unpaired) electrons. The molecule has 2 nitrogen and oxygen atoms in total. The summed E-state index contributed by atoms with van der Waals surface area (Å²) in [6.07, 6.45) is 6.75. The molecule has 1 amide bonds. The van der Waals surface area contributed by atoms with Gasteiger partial charge in [-0.25, -0.2) is 0 Å². The Morgan fingerprint density at radius 3 is 2.31 bits per heavy atom. The van der Waals surface area contributed by atoms with E-state index in [1.807, 2.05) is 0 Å². The van der Waals surface area contributed by atoms with Crippen LogP contribution in [0.15, 0.2) is 0 Å². The second kappa shape index (κ2) is 10.4. The summed E-state index contributed by atoms with van der Waals surface area (Å²) in [6, 6.07) is 0.337. The molecule has 0 saturated carbocycles. The highest BCUT2D eigenvalue weighted by Gasteiger charge is 2.13. The molecule has 0 aromatic rings. The summed E-state index contributed by atoms with van der Waals surface area (Å²) >= 11 is 2.34. The number of alkyl halides is 1. The topological polar surface area (TPSA) is 29.1 Å². The molecule has 0 fully saturated rings. The number of unbranched alkanes of at least 4 members (excludes halogenated alkanes) is 4. The predicted molar refractivity (Wildman–Crippen MR) is 79.0 cm³/mol. The molecule has 16 heavy (non-hydrogen) atoms. The molecule has 96 valence electrons. The van der Waals surface area contributed by atoms with Crippen molar-refractivity contribution in [1.29, 1.82) is 0 Å². The number of halogens is 1. The summed E-state index contributed by atoms with van der Waals surface area (Å²) in [5.74, 6) is 0.757. The average Bonchev–Trinajstić information content (AvgIpc) is 2.25. The third-order valence-corrected chi connectivity index (χ3v) is 3.77. The van der Waals surface area contributed by atoms with Crippen LogP contribution in [0.2, 0.25) is 0 Å². The number of amides is 1. The van der Waals surface area contributed by atoms with Crippen LogP contribution in [0.25, 0.3) is 0 Å². The van der Waals surface area contributed by atoms with Crippen LogP contribution in [0.5, 0.6) is 0 Å². The molecule has 0 bridgehead atoms. The number of hydrogen-bond donors (Lipinski definition) is 1. The summed E-state index contributed by atoms with van der Waals surface area (Å²) in [5.41, 5.74) is 0. The van der Waals surface area contributed by atoms with E-state index in [9.17, 15) is 4.79 Å². The molecular weight excluding hydrogens is 313 g/mol. The highest BCUT2D eigenvalue weighted by atomic mass is 127. The molecule has 0 rings (SSSR count). The van der Waals surface area contributed by atoms with Crippen molar-refractivity contribution in [3.63, 3.8) is 0 Å². The first-order valence-electron chi connectivity index (χ1n) is 6.47. The van der Waals surface area contributed by atoms with Crippen molar-refractivity contribution in [1.82, 2.24) is 5.32 Å². The Kier molecular flexibility index (Phi) is 10.5. The molecule has 0 aromatic carbocycles. The Hall–Kier alpha value is 0.200. The maximum Gasteiger partial charge on any atom is 0.220 e. The quantitative estimate of drug-likeness (QED) is 0.385. The second-order valence-corrected chi connectivity index (χ2v) is 5.62. The van der Waals surface area contributed by atoms with Gasteiger partial charge in [0.15, 0.2) is 0 Å². The first kappa shape index (κ1) is 16.2. The Morgan fingerprint density at radius 2 is 1.81 bits per heavy atom. The minimum Gasteiger partial charge on any atom is -0.352 e. The van der Waals surface area contributed by atoms with Crippen molar-refractivity contribution in [2.24, 2.45) is 5.92 Å². The minimum atomic E-state index is 0.229. The van der Waals surface area contributed by atoms with Gasteiger partial charge >= 0.3 is 0 Å². The van der Waals surface area contributed by atoms with Gasteiger partial charge in [0.05, 0.1) is 0 Å². The highest BCUT2D eigenvalue weighted by Crippen LogP contribution is 2.08. The molecule has 0 aliphatic carbocycles. The zero-order chi connectivity index (χ0) is 12.4. The standard InChI is InChI=1S/C13H26INO/c1-4-5-6-7-8-9-13(16)15-12(10-14)11(2)3/h11-12H,4-10H2,1-3H3,(H,15,16). The maximum atomic E-state index is 11.6. The molecular formula is C13H26INO. The molecule has 1 N–H and O–H groups in total. The first-order chi connectivity index (χ1) is 7.61. The number of hydrogen-bond acceptors (Lipinski definition) is 1. The van der Waals surface area contributed by atoms with Crippen LogP contribution in [0.1, 0.15) is 59.3 Å². The SMILES string of the molecule is CCCCCCCC(=O)NC(CI)C(C)C. The van der Waals surface area contributed by atoms with Crippen molar-refractivity contribution < 1.29 is 4.79 Å². The lowest BCUT2D eigenvalue weighted by Gasteiger charge is -2.19. The Morgan fingerprint density at radius 1 is 1.19 bits per heavy atom. The lowest BCUT2D eigenvalue weighted by Crippen LogP contribution is -2.39. The highest BCUT2D eigenvalue weighted by molar-refractivity contribution is 14.1. The van der Waals surface area contributed by atoms with Crippen LogP contribution in [0, 0.1) is 5.92 Å². The van der Waals surface area contributed by atoms with Crippen LogP contribution in [0.4, 0.5) is 0 Å². The number of carbonyl (C=O) groups excluding carboxylic acids is 1. The summed E-state index contributed by atoms with van der Waals surface area (Å²) in [5, 5.41) is 3.11. The van der Waals surface area contributed by atoms with Crippen LogP contribution in [-0.2, 0) is 4.79 Å². The van der Waals surface area contributed by atoms with Crippen molar-refractivity contribution in [2.75, 3.05) is 4.43 Å². The third-order valence-electron chi connectivity index (χ3n) is 2.82. The minimum absolute atomic E-state index is 0.229. The van der Waals surface area contributed by atoms with E-state index in [2.05, 4.69) is 48.7 Å². The molecule has 0 aliphatic heterocycles. The van der Waals surface area contributed by atoms with Crippen LogP contribution in [0.3, 0.4) is 0 Å². The molecule has 1 unspecified atom stereocenters. The van der Waals surface area contributed by atoms with Crippen molar-refractivity contribution in [3.8, 4) is 0 Å². The lowest BCUT2D eigenvalue weighted by molar-refractivity contribution is -0.122. The smallest absolute Gasteiger partial charge is 0.220 e. The lowest BCUT2D eigenvalue weighted by atomic mass is 10.1. The zero-order valence-corrected chi connectivity index (χ0v) is 13.0. The summed E-state index contributed by atoms with van der Waals surface area (Å²) in [7, 11) is 0. The van der Waals surface area contributed by atoms with E-state index >= 15 is 0 Å². The fraction of sp³-hybridized carbons (Fsp3) is 0.923. The van der Waals surface area contributed by atoms with Crippen molar-refractivity contribution >= 4 is 28.5 Å². The van der Waals surface area contributed by atoms with E-state index in [4.69, 9.17) is 0 Å². The van der Waals surface area contributed by atoms with Gasteiger partial charge in [-0.2, -0.15) is 0 Å². The van der Waals surface area contributed by atoms with Crippen molar-refractivity contribution in [2.45, 2.75) is 65.3 Å². The van der Waals surface area contributed by atoms with Gasteiger partial charge in [-0.3, -0.25) is 4.79 Å². The van der Waals surface area contributed by atoms with Crippen LogP contribution >= 0.6 is 22.6 Å². The monoisotopic (exact) mass is 339 g/mol. The fourth-order valence-electron chi connectivity index (χ4n) is 1.55. The van der Waals surface area contributed by atoms with Gasteiger partial charge < -0.3 is 5.32 Å². The summed E-state index contributed by atoms with van der Waals surface area (Å²) in [4.78, 5) is 11.6. The molecule has 0 aliphatic rings. The summed E-state index contributed by atoms with van der Waals surface area (Å²) in [6.45, 7) is 6.52. The van der Waals surface area contributed by atoms with E-state index in [-0.39, 0.29) is 5.91 Å². The Labute approximate surface area is 114 Å². The van der Waals surface area contributed by atoms with E-state index in [1.54, 1.807) is 0 Å². The molecule has 0 saturated heterocycles. The van der Waals surface area contributed by atoms with Gasteiger partial charge in [0.1, 0.15) is 0 Å². The van der Waals surface area contributed by atoms with Crippen LogP contribution in [-0.4, -0.2) is 16.4 Å². The molecule has 0 aromatic heterocycles. The zero-order valence-electron chi connectivity index (χ0n) is 10.9. The molecule has 0 spiro atoms. The van der Waals surface area contributed by atoms with Gasteiger partial charge in [0.25, 0.3) is 0 Å². The molecule has 0 heterocycles. The van der Waals surface area contributed by atoms with E-state index < -0.39 is 0 Å². The van der Waals surface area contributed by atoms with Gasteiger partial charge in [-0.05, 0) is 12.3 Å². The van der Waals surface area contributed by atoms with E-state index in [0.29, 0.717) is 18.4 Å². The Bertz CT molecular complexity index is 183. The maximum absolute atomic E-state index is 11.6. The van der Waals surface area contributed by atoms with Crippen LogP contribution < -0.4 is 5.32 Å². The van der Waals surface area contributed by atoms with E-state index in [0.717, 1.165) is 10.8 Å². The molecule has 3 heteroatoms. The number of rotatable bonds is 9. The third kappa shape index (κ3) is 8.36. The number of nitrogens with one attached hydrogen (secondary N) is 1. The normalized spacial score (nSPS) is 12.8. The van der Waals surface area contributed by atoms with E-state index in [1.165, 1.54) is 25.7 Å². The van der Waals surface area contributed by atoms with Gasteiger partial charge in [-0.15, -0.1) is 0 Å². The number of carbonyl (C=O) groups is 1. The average molecular weight is 339 g/mol. The second-order valence-electron chi connectivity index (χ2n) is 4.74.